The Morgan fingerprint density at radius 2 is 1.62 bits per heavy atom. The maximum atomic E-state index is 12.2. The molecule has 5 N–H and O–H groups in total. The van der Waals surface area contributed by atoms with Crippen molar-refractivity contribution in [2.75, 3.05) is 18.0 Å². The second kappa shape index (κ2) is 10.3. The van der Waals surface area contributed by atoms with Crippen molar-refractivity contribution < 1.29 is 14.4 Å². The van der Waals surface area contributed by atoms with Crippen LogP contribution in [0.2, 0.25) is 0 Å². The molecule has 0 aromatic heterocycles. The first-order valence-electron chi connectivity index (χ1n) is 8.85. The lowest BCUT2D eigenvalue weighted by Gasteiger charge is -2.23. The highest BCUT2D eigenvalue weighted by molar-refractivity contribution is 5.96. The van der Waals surface area contributed by atoms with E-state index in [0.29, 0.717) is 12.0 Å². The van der Waals surface area contributed by atoms with Crippen molar-refractivity contribution in [1.82, 2.24) is 16.2 Å². The van der Waals surface area contributed by atoms with Gasteiger partial charge in [0, 0.05) is 24.3 Å². The van der Waals surface area contributed by atoms with Crippen LogP contribution in [0.5, 0.6) is 0 Å². The van der Waals surface area contributed by atoms with Crippen LogP contribution in [0, 0.1) is 5.92 Å². The molecule has 0 fully saturated rings. The van der Waals surface area contributed by atoms with Crippen molar-refractivity contribution in [1.29, 1.82) is 0 Å². The van der Waals surface area contributed by atoms with Gasteiger partial charge in [-0.05, 0) is 44.0 Å². The van der Waals surface area contributed by atoms with Crippen LogP contribution >= 0.6 is 0 Å². The molecule has 0 saturated carbocycles. The number of nitrogens with one attached hydrogen (secondary N) is 3. The van der Waals surface area contributed by atoms with Crippen molar-refractivity contribution in [3.05, 3.63) is 29.8 Å². The van der Waals surface area contributed by atoms with Gasteiger partial charge in [0.1, 0.15) is 6.04 Å². The van der Waals surface area contributed by atoms with Gasteiger partial charge in [0.2, 0.25) is 0 Å². The number of nitrogens with zero attached hydrogens (tertiary/aromatic N) is 1. The molecule has 0 aliphatic heterocycles. The van der Waals surface area contributed by atoms with Crippen LogP contribution in [-0.2, 0) is 4.79 Å². The maximum Gasteiger partial charge on any atom is 0.312 e. The number of benzene rings is 1. The number of anilines is 1. The Morgan fingerprint density at radius 1 is 1.04 bits per heavy atom. The molecule has 1 aromatic rings. The molecule has 4 amide bonds. The zero-order valence-electron chi connectivity index (χ0n) is 15.8. The fraction of sp³-hybridized carbons (Fsp3) is 0.500. The molecule has 8 nitrogen and oxygen atoms in total. The third-order valence-electron chi connectivity index (χ3n) is 4.35. The first kappa shape index (κ1) is 21.3. The maximum absolute atomic E-state index is 12.2. The van der Waals surface area contributed by atoms with Crippen LogP contribution in [0.1, 0.15) is 44.5 Å². The van der Waals surface area contributed by atoms with Crippen molar-refractivity contribution in [2.24, 2.45) is 11.7 Å². The monoisotopic (exact) mass is 363 g/mol. The number of primary amides is 1. The van der Waals surface area contributed by atoms with E-state index in [1.807, 2.05) is 26.0 Å². The summed E-state index contributed by atoms with van der Waals surface area (Å²) in [6.45, 7) is 9.59. The molecule has 26 heavy (non-hydrogen) atoms. The number of urea groups is 1. The van der Waals surface area contributed by atoms with Gasteiger partial charge in [-0.3, -0.25) is 20.4 Å². The lowest BCUT2D eigenvalue weighted by atomic mass is 9.99. The summed E-state index contributed by atoms with van der Waals surface area (Å²) in [4.78, 5) is 37.7. The standard InChI is InChI=1S/C18H29N5O3/c1-5-12(4)15(20-18(19)26)17(25)22-21-16(24)13-8-10-14(11-9-13)23(6-2)7-3/h8-12,15H,5-7H2,1-4H3,(H,21,24)(H,22,25)(H3,19,20,26). The summed E-state index contributed by atoms with van der Waals surface area (Å²) in [7, 11) is 0. The van der Waals surface area contributed by atoms with Gasteiger partial charge in [-0.25, -0.2) is 4.79 Å². The molecule has 0 bridgehead atoms. The second-order valence-corrected chi connectivity index (χ2v) is 6.03. The van der Waals surface area contributed by atoms with Gasteiger partial charge in [0.25, 0.3) is 11.8 Å². The Labute approximate surface area is 154 Å². The lowest BCUT2D eigenvalue weighted by Crippen LogP contribution is -2.55. The fourth-order valence-corrected chi connectivity index (χ4v) is 2.54. The minimum Gasteiger partial charge on any atom is -0.372 e. The topological polar surface area (TPSA) is 117 Å². The van der Waals surface area contributed by atoms with E-state index in [9.17, 15) is 14.4 Å². The molecule has 0 saturated heterocycles. The van der Waals surface area contributed by atoms with Crippen molar-refractivity contribution >= 4 is 23.5 Å². The van der Waals surface area contributed by atoms with E-state index in [0.717, 1.165) is 18.8 Å². The summed E-state index contributed by atoms with van der Waals surface area (Å²) in [6.07, 6.45) is 0.666. The number of hydrogen-bond acceptors (Lipinski definition) is 4. The van der Waals surface area contributed by atoms with Gasteiger partial charge in [0.05, 0.1) is 0 Å². The van der Waals surface area contributed by atoms with E-state index in [1.54, 1.807) is 12.1 Å². The number of carbonyl (C=O) groups excluding carboxylic acids is 3. The van der Waals surface area contributed by atoms with E-state index in [4.69, 9.17) is 5.73 Å². The Bertz CT molecular complexity index is 614. The Hall–Kier alpha value is -2.77. The summed E-state index contributed by atoms with van der Waals surface area (Å²) >= 11 is 0. The normalized spacial score (nSPS) is 12.6. The van der Waals surface area contributed by atoms with E-state index in [1.165, 1.54) is 0 Å². The Kier molecular flexibility index (Phi) is 8.41. The molecule has 0 aliphatic rings. The molecule has 1 aromatic carbocycles. The van der Waals surface area contributed by atoms with Gasteiger partial charge >= 0.3 is 6.03 Å². The molecule has 2 unspecified atom stereocenters. The van der Waals surface area contributed by atoms with Crippen molar-refractivity contribution in [3.8, 4) is 0 Å². The molecule has 0 heterocycles. The number of rotatable bonds is 8. The highest BCUT2D eigenvalue weighted by Crippen LogP contribution is 2.14. The number of hydrazine groups is 1. The Balaban J connectivity index is 2.69. The molecule has 0 radical (unpaired) electrons. The summed E-state index contributed by atoms with van der Waals surface area (Å²) < 4.78 is 0. The molecular weight excluding hydrogens is 334 g/mol. The predicted molar refractivity (Wildman–Crippen MR) is 102 cm³/mol. The van der Waals surface area contributed by atoms with Gasteiger partial charge in [-0.2, -0.15) is 0 Å². The van der Waals surface area contributed by atoms with Crippen LogP contribution in [0.25, 0.3) is 0 Å². The van der Waals surface area contributed by atoms with E-state index in [2.05, 4.69) is 34.9 Å². The summed E-state index contributed by atoms with van der Waals surface area (Å²) in [5.74, 6) is -1.09. The third kappa shape index (κ3) is 5.94. The molecule has 1 rings (SSSR count). The zero-order chi connectivity index (χ0) is 19.7. The molecular formula is C18H29N5O3. The minimum atomic E-state index is -0.817. The molecule has 144 valence electrons. The second-order valence-electron chi connectivity index (χ2n) is 6.03. The van der Waals surface area contributed by atoms with Gasteiger partial charge in [-0.15, -0.1) is 0 Å². The largest absolute Gasteiger partial charge is 0.372 e. The zero-order valence-corrected chi connectivity index (χ0v) is 15.8. The van der Waals surface area contributed by atoms with E-state index in [-0.39, 0.29) is 5.92 Å². The highest BCUT2D eigenvalue weighted by Gasteiger charge is 2.25. The van der Waals surface area contributed by atoms with Crippen molar-refractivity contribution in [3.63, 3.8) is 0 Å². The smallest absolute Gasteiger partial charge is 0.312 e. The van der Waals surface area contributed by atoms with E-state index >= 15 is 0 Å². The first-order chi connectivity index (χ1) is 12.3. The average Bonchev–Trinajstić information content (AvgIpc) is 2.64. The van der Waals surface area contributed by atoms with Crippen LogP contribution in [0.3, 0.4) is 0 Å². The first-order valence-corrected chi connectivity index (χ1v) is 8.85. The Morgan fingerprint density at radius 3 is 2.08 bits per heavy atom. The van der Waals surface area contributed by atoms with Gasteiger partial charge in [0.15, 0.2) is 0 Å². The number of carbonyl (C=O) groups is 3. The summed E-state index contributed by atoms with van der Waals surface area (Å²) in [5.41, 5.74) is 11.3. The number of amides is 4. The summed E-state index contributed by atoms with van der Waals surface area (Å²) in [5, 5.41) is 2.40. The lowest BCUT2D eigenvalue weighted by molar-refractivity contribution is -0.124. The van der Waals surface area contributed by atoms with E-state index < -0.39 is 23.9 Å². The van der Waals surface area contributed by atoms with Crippen LogP contribution in [-0.4, -0.2) is 37.0 Å². The average molecular weight is 363 g/mol. The minimum absolute atomic E-state index is 0.132. The van der Waals surface area contributed by atoms with Crippen LogP contribution in [0.15, 0.2) is 24.3 Å². The third-order valence-corrected chi connectivity index (χ3v) is 4.35. The fourth-order valence-electron chi connectivity index (χ4n) is 2.54. The highest BCUT2D eigenvalue weighted by atomic mass is 16.2. The number of nitrogens with two attached hydrogens (primary N) is 1. The molecule has 0 spiro atoms. The summed E-state index contributed by atoms with van der Waals surface area (Å²) in [6, 6.07) is 5.51. The molecule has 0 aliphatic carbocycles. The predicted octanol–water partition coefficient (Wildman–Crippen LogP) is 1.38. The molecule has 8 heteroatoms. The van der Waals surface area contributed by atoms with Gasteiger partial charge < -0.3 is 16.0 Å². The van der Waals surface area contributed by atoms with Crippen LogP contribution < -0.4 is 26.8 Å². The SMILES string of the molecule is CCC(C)C(NC(N)=O)C(=O)NNC(=O)c1ccc(N(CC)CC)cc1. The number of hydrogen-bond donors (Lipinski definition) is 4. The molecule has 2 atom stereocenters. The van der Waals surface area contributed by atoms with Crippen LogP contribution in [0.4, 0.5) is 10.5 Å². The quantitative estimate of drug-likeness (QED) is 0.522. The van der Waals surface area contributed by atoms with Gasteiger partial charge in [-0.1, -0.05) is 20.3 Å². The van der Waals surface area contributed by atoms with Crippen molar-refractivity contribution in [2.45, 2.75) is 40.2 Å².